The standard InChI is InChI=1S/2C26H19FN2O3/c2*1-25(19-7-5-16(13-28)6-8-19)15-26(25)21-12-20(27)9-10-22(21)29(24(26)32)14-17-3-2-4-18(11-17)23(30)31/h2*2-12H,14-15H2,1H3,(H,30,31)/t2*25-,26+/m10/s1. The Bertz CT molecular complexity index is 2860. The van der Waals surface area contributed by atoms with E-state index < -0.39 is 45.2 Å². The fourth-order valence-corrected chi connectivity index (χ4v) is 10.3. The van der Waals surface area contributed by atoms with Gasteiger partial charge in [-0.15, -0.1) is 0 Å². The van der Waals surface area contributed by atoms with E-state index in [1.165, 1.54) is 36.4 Å². The first-order chi connectivity index (χ1) is 30.6. The number of aromatic carboxylic acids is 2. The maximum atomic E-state index is 14.3. The number of nitriles is 2. The molecule has 0 bridgehead atoms. The van der Waals surface area contributed by atoms with Crippen molar-refractivity contribution in [3.8, 4) is 12.1 Å². The molecule has 2 fully saturated rings. The predicted molar refractivity (Wildman–Crippen MR) is 232 cm³/mol. The van der Waals surface area contributed by atoms with Crippen LogP contribution in [0.3, 0.4) is 0 Å². The molecule has 2 N–H and O–H groups in total. The second-order valence-electron chi connectivity index (χ2n) is 17.3. The maximum Gasteiger partial charge on any atom is 0.335 e. The van der Waals surface area contributed by atoms with Crippen molar-refractivity contribution in [2.45, 2.75) is 61.4 Å². The Kier molecular flexibility index (Phi) is 9.60. The van der Waals surface area contributed by atoms with Crippen LogP contribution in [0.1, 0.15) is 91.9 Å². The van der Waals surface area contributed by atoms with E-state index in [9.17, 15) is 38.2 Å². The Balaban J connectivity index is 0.000000162. The van der Waals surface area contributed by atoms with Gasteiger partial charge in [-0.25, -0.2) is 18.4 Å². The van der Waals surface area contributed by atoms with Crippen molar-refractivity contribution in [3.63, 3.8) is 0 Å². The van der Waals surface area contributed by atoms with Crippen LogP contribution in [0.5, 0.6) is 0 Å². The number of anilines is 2. The number of fused-ring (bicyclic) bond motifs is 4. The molecular formula is C52H38F2N4O6. The van der Waals surface area contributed by atoms with Gasteiger partial charge >= 0.3 is 11.9 Å². The average molecular weight is 853 g/mol. The minimum atomic E-state index is -1.03. The molecule has 2 spiro atoms. The first-order valence-corrected chi connectivity index (χ1v) is 20.5. The lowest BCUT2D eigenvalue weighted by atomic mass is 9.83. The van der Waals surface area contributed by atoms with Crippen LogP contribution in [0.4, 0.5) is 20.2 Å². The molecule has 6 aromatic carbocycles. The number of amides is 2. The van der Waals surface area contributed by atoms with Crippen molar-refractivity contribution >= 4 is 35.1 Å². The number of rotatable bonds is 8. The molecule has 10 nitrogen and oxygen atoms in total. The molecule has 2 aliphatic heterocycles. The van der Waals surface area contributed by atoms with Crippen molar-refractivity contribution in [2.75, 3.05) is 9.80 Å². The number of halogens is 2. The van der Waals surface area contributed by atoms with E-state index in [2.05, 4.69) is 12.1 Å². The number of nitrogens with zero attached hydrogens (tertiary/aromatic N) is 4. The summed E-state index contributed by atoms with van der Waals surface area (Å²) in [6, 6.07) is 40.3. The highest BCUT2D eigenvalue weighted by Crippen LogP contribution is 2.71. The molecule has 2 amide bonds. The van der Waals surface area contributed by atoms with Gasteiger partial charge in [-0.3, -0.25) is 9.59 Å². The smallest absolute Gasteiger partial charge is 0.335 e. The van der Waals surface area contributed by atoms with Crippen molar-refractivity contribution in [1.29, 1.82) is 10.5 Å². The van der Waals surface area contributed by atoms with Crippen LogP contribution in [0.25, 0.3) is 0 Å². The van der Waals surface area contributed by atoms with Gasteiger partial charge in [-0.05, 0) is 131 Å². The zero-order valence-electron chi connectivity index (χ0n) is 34.6. The van der Waals surface area contributed by atoms with E-state index in [0.29, 0.717) is 57.6 Å². The van der Waals surface area contributed by atoms with Crippen LogP contribution < -0.4 is 9.80 Å². The number of carboxylic acids is 2. The van der Waals surface area contributed by atoms with Gasteiger partial charge in [-0.1, -0.05) is 62.4 Å². The largest absolute Gasteiger partial charge is 0.478 e. The predicted octanol–water partition coefficient (Wildman–Crippen LogP) is 9.08. The van der Waals surface area contributed by atoms with Crippen molar-refractivity contribution in [2.24, 2.45) is 0 Å². The van der Waals surface area contributed by atoms with Crippen LogP contribution >= 0.6 is 0 Å². The second kappa shape index (κ2) is 14.8. The highest BCUT2D eigenvalue weighted by atomic mass is 19.1. The number of benzene rings is 6. The summed E-state index contributed by atoms with van der Waals surface area (Å²) in [6.07, 6.45) is 1.07. The first kappa shape index (κ1) is 41.4. The maximum absolute atomic E-state index is 14.3. The molecule has 2 saturated carbocycles. The topological polar surface area (TPSA) is 163 Å². The van der Waals surface area contributed by atoms with Crippen LogP contribution in [-0.2, 0) is 44.3 Å². The lowest BCUT2D eigenvalue weighted by Gasteiger charge is -2.21. The minimum Gasteiger partial charge on any atom is -0.478 e. The van der Waals surface area contributed by atoms with E-state index in [1.807, 2.05) is 38.1 Å². The normalized spacial score (nSPS) is 23.2. The SMILES string of the molecule is C[C@@]1(c2ccc(C#N)cc2)C[C@@]12C(=O)N(Cc1cccc(C(=O)O)c1)c1ccc(F)cc12.C[C@]1(c2ccc(C#N)cc2)C[C@]12C(=O)N(Cc1cccc(C(=O)O)c1)c1ccc(F)cc12. The summed E-state index contributed by atoms with van der Waals surface area (Å²) >= 11 is 0. The van der Waals surface area contributed by atoms with Gasteiger partial charge in [0.1, 0.15) is 11.6 Å². The summed E-state index contributed by atoms with van der Waals surface area (Å²) in [5, 5.41) is 36.8. The Labute approximate surface area is 366 Å². The number of hydrogen-bond donors (Lipinski definition) is 2. The molecule has 0 unspecified atom stereocenters. The van der Waals surface area contributed by atoms with Crippen molar-refractivity contribution < 1.29 is 38.2 Å². The van der Waals surface area contributed by atoms with Gasteiger partial charge in [0.15, 0.2) is 0 Å². The Hall–Kier alpha value is -7.96. The summed E-state index contributed by atoms with van der Waals surface area (Å²) in [4.78, 5) is 53.6. The van der Waals surface area contributed by atoms with Gasteiger partial charge in [-0.2, -0.15) is 10.5 Å². The van der Waals surface area contributed by atoms with Gasteiger partial charge in [0.05, 0.1) is 58.3 Å². The average Bonchev–Trinajstić information content (AvgIpc) is 4.11. The summed E-state index contributed by atoms with van der Waals surface area (Å²) in [5.41, 5.74) is 4.38. The summed E-state index contributed by atoms with van der Waals surface area (Å²) in [6.45, 7) is 4.39. The Morgan fingerprint density at radius 1 is 0.578 bits per heavy atom. The summed E-state index contributed by atoms with van der Waals surface area (Å²) < 4.78 is 28.6. The lowest BCUT2D eigenvalue weighted by molar-refractivity contribution is -0.121. The molecule has 316 valence electrons. The minimum absolute atomic E-state index is 0.120. The van der Waals surface area contributed by atoms with Crippen molar-refractivity contribution in [1.82, 2.24) is 0 Å². The number of hydrogen-bond acceptors (Lipinski definition) is 6. The third-order valence-corrected chi connectivity index (χ3v) is 13.8. The van der Waals surface area contributed by atoms with Gasteiger partial charge in [0, 0.05) is 22.2 Å². The summed E-state index contributed by atoms with van der Waals surface area (Å²) in [7, 11) is 0. The Morgan fingerprint density at radius 3 is 1.30 bits per heavy atom. The third kappa shape index (κ3) is 6.24. The molecule has 0 saturated heterocycles. The number of carbonyl (C=O) groups is 4. The quantitative estimate of drug-likeness (QED) is 0.153. The highest BCUT2D eigenvalue weighted by Gasteiger charge is 2.75. The third-order valence-electron chi connectivity index (χ3n) is 13.8. The van der Waals surface area contributed by atoms with E-state index in [-0.39, 0.29) is 36.0 Å². The van der Waals surface area contributed by atoms with Gasteiger partial charge in [0.25, 0.3) is 0 Å². The lowest BCUT2D eigenvalue weighted by Crippen LogP contribution is -2.35. The molecule has 4 aliphatic rings. The molecule has 12 heteroatoms. The van der Waals surface area contributed by atoms with Gasteiger partial charge in [0.2, 0.25) is 11.8 Å². The van der Waals surface area contributed by atoms with Crippen LogP contribution in [0.2, 0.25) is 0 Å². The summed E-state index contributed by atoms with van der Waals surface area (Å²) in [5.74, 6) is -3.11. The number of carbonyl (C=O) groups excluding carboxylic acids is 2. The molecule has 6 aromatic rings. The molecule has 2 aliphatic carbocycles. The first-order valence-electron chi connectivity index (χ1n) is 20.5. The van der Waals surface area contributed by atoms with Crippen LogP contribution in [0.15, 0.2) is 133 Å². The zero-order chi connectivity index (χ0) is 45.3. The van der Waals surface area contributed by atoms with Gasteiger partial charge < -0.3 is 20.0 Å². The van der Waals surface area contributed by atoms with E-state index in [4.69, 9.17) is 10.5 Å². The van der Waals surface area contributed by atoms with E-state index in [0.717, 1.165) is 11.1 Å². The highest BCUT2D eigenvalue weighted by molar-refractivity contribution is 6.13. The molecular weight excluding hydrogens is 815 g/mol. The van der Waals surface area contributed by atoms with E-state index in [1.54, 1.807) is 82.6 Å². The second-order valence-corrected chi connectivity index (χ2v) is 17.3. The van der Waals surface area contributed by atoms with Crippen LogP contribution in [-0.4, -0.2) is 34.0 Å². The molecule has 4 atom stereocenters. The fourth-order valence-electron chi connectivity index (χ4n) is 10.3. The molecule has 10 rings (SSSR count). The van der Waals surface area contributed by atoms with E-state index >= 15 is 0 Å². The molecule has 0 radical (unpaired) electrons. The van der Waals surface area contributed by atoms with Crippen LogP contribution in [0, 0.1) is 34.3 Å². The molecule has 2 heterocycles. The van der Waals surface area contributed by atoms with Crippen molar-refractivity contribution in [3.05, 3.63) is 201 Å². The number of carboxylic acid groups (broad SMARTS) is 2. The molecule has 64 heavy (non-hydrogen) atoms. The molecule has 0 aromatic heterocycles. The fraction of sp³-hybridized carbons (Fsp3) is 0.192. The zero-order valence-corrected chi connectivity index (χ0v) is 34.6. The monoisotopic (exact) mass is 852 g/mol. The Morgan fingerprint density at radius 2 is 0.953 bits per heavy atom.